The van der Waals surface area contributed by atoms with Crippen molar-refractivity contribution in [3.63, 3.8) is 0 Å². The third kappa shape index (κ3) is 3.91. The molecule has 5 heteroatoms. The second-order valence-corrected chi connectivity index (χ2v) is 4.13. The Morgan fingerprint density at radius 3 is 2.82 bits per heavy atom. The number of phenolic OH excluding ortho intramolecular Hbond substituents is 1. The Labute approximate surface area is 106 Å². The molecule has 1 amide bonds. The van der Waals surface area contributed by atoms with E-state index in [1.165, 1.54) is 12.1 Å². The van der Waals surface area contributed by atoms with Crippen LogP contribution < -0.4 is 5.32 Å². The first kappa shape index (κ1) is 13.8. The lowest BCUT2D eigenvalue weighted by molar-refractivity contribution is 0.0892. The molecule has 0 heterocycles. The molecule has 1 atom stereocenters. The van der Waals surface area contributed by atoms with E-state index in [1.807, 2.05) is 6.92 Å². The van der Waals surface area contributed by atoms with Crippen LogP contribution in [0, 0.1) is 0 Å². The minimum Gasteiger partial charge on any atom is -0.507 e. The fraction of sp³-hybridized carbons (Fsp3) is 0.417. The number of methoxy groups -OCH3 is 1. The lowest BCUT2D eigenvalue weighted by Crippen LogP contribution is -2.37. The maximum absolute atomic E-state index is 11.9. The van der Waals surface area contributed by atoms with Gasteiger partial charge < -0.3 is 15.2 Å². The van der Waals surface area contributed by atoms with Crippen molar-refractivity contribution in [1.29, 1.82) is 0 Å². The van der Waals surface area contributed by atoms with Crippen molar-refractivity contribution in [2.24, 2.45) is 0 Å². The molecule has 0 aromatic heterocycles. The van der Waals surface area contributed by atoms with Crippen LogP contribution in [-0.2, 0) is 4.74 Å². The highest BCUT2D eigenvalue weighted by Gasteiger charge is 2.15. The van der Waals surface area contributed by atoms with Crippen LogP contribution in [0.25, 0.3) is 0 Å². The first-order valence-corrected chi connectivity index (χ1v) is 5.74. The highest BCUT2D eigenvalue weighted by molar-refractivity contribution is 6.30. The van der Waals surface area contributed by atoms with E-state index in [2.05, 4.69) is 5.32 Å². The van der Waals surface area contributed by atoms with Crippen LogP contribution >= 0.6 is 11.6 Å². The highest BCUT2D eigenvalue weighted by atomic mass is 35.5. The van der Waals surface area contributed by atoms with Gasteiger partial charge in [0, 0.05) is 12.1 Å². The quantitative estimate of drug-likeness (QED) is 0.850. The van der Waals surface area contributed by atoms with Crippen LogP contribution in [-0.4, -0.2) is 30.8 Å². The van der Waals surface area contributed by atoms with Gasteiger partial charge in [0.25, 0.3) is 5.91 Å². The number of carbonyl (C=O) groups is 1. The summed E-state index contributed by atoms with van der Waals surface area (Å²) in [5, 5.41) is 12.8. The smallest absolute Gasteiger partial charge is 0.255 e. The number of phenols is 1. The van der Waals surface area contributed by atoms with Crippen LogP contribution in [0.3, 0.4) is 0 Å². The number of halogens is 1. The Hall–Kier alpha value is -1.26. The molecule has 4 nitrogen and oxygen atoms in total. The lowest BCUT2D eigenvalue weighted by Gasteiger charge is -2.16. The van der Waals surface area contributed by atoms with Gasteiger partial charge in [0.05, 0.1) is 18.2 Å². The monoisotopic (exact) mass is 257 g/mol. The normalized spacial score (nSPS) is 12.2. The average Bonchev–Trinajstić information content (AvgIpc) is 2.28. The zero-order chi connectivity index (χ0) is 12.8. The summed E-state index contributed by atoms with van der Waals surface area (Å²) in [5.41, 5.74) is 0.212. The van der Waals surface area contributed by atoms with Gasteiger partial charge in [-0.2, -0.15) is 0 Å². The van der Waals surface area contributed by atoms with Crippen LogP contribution in [0.2, 0.25) is 5.02 Å². The summed E-state index contributed by atoms with van der Waals surface area (Å²) in [4.78, 5) is 11.9. The molecular weight excluding hydrogens is 242 g/mol. The van der Waals surface area contributed by atoms with Crippen molar-refractivity contribution in [3.05, 3.63) is 28.8 Å². The van der Waals surface area contributed by atoms with Gasteiger partial charge in [-0.15, -0.1) is 0 Å². The van der Waals surface area contributed by atoms with Crippen molar-refractivity contribution in [3.8, 4) is 5.75 Å². The Morgan fingerprint density at radius 2 is 2.29 bits per heavy atom. The minimum absolute atomic E-state index is 0.0671. The predicted molar refractivity (Wildman–Crippen MR) is 66.5 cm³/mol. The molecule has 94 valence electrons. The van der Waals surface area contributed by atoms with Gasteiger partial charge in [-0.05, 0) is 24.6 Å². The molecule has 1 aromatic rings. The van der Waals surface area contributed by atoms with Crippen molar-refractivity contribution in [2.75, 3.05) is 13.7 Å². The zero-order valence-corrected chi connectivity index (χ0v) is 10.6. The lowest BCUT2D eigenvalue weighted by atomic mass is 10.1. The fourth-order valence-corrected chi connectivity index (χ4v) is 1.59. The van der Waals surface area contributed by atoms with E-state index in [-0.39, 0.29) is 23.3 Å². The highest BCUT2D eigenvalue weighted by Crippen LogP contribution is 2.21. The summed E-state index contributed by atoms with van der Waals surface area (Å²) >= 11 is 5.69. The molecule has 0 spiro atoms. The number of ether oxygens (including phenoxy) is 1. The summed E-state index contributed by atoms with van der Waals surface area (Å²) in [5.74, 6) is -0.453. The summed E-state index contributed by atoms with van der Waals surface area (Å²) in [7, 11) is 1.58. The number of aromatic hydroxyl groups is 1. The molecule has 1 rings (SSSR count). The van der Waals surface area contributed by atoms with Crippen LogP contribution in [0.4, 0.5) is 0 Å². The summed E-state index contributed by atoms with van der Waals surface area (Å²) < 4.78 is 4.98. The Bertz CT molecular complexity index is 395. The average molecular weight is 258 g/mol. The van der Waals surface area contributed by atoms with Crippen LogP contribution in [0.1, 0.15) is 23.7 Å². The number of nitrogens with one attached hydrogen (secondary N) is 1. The third-order valence-electron chi connectivity index (χ3n) is 2.40. The topological polar surface area (TPSA) is 58.6 Å². The molecule has 0 aliphatic rings. The molecule has 0 saturated heterocycles. The summed E-state index contributed by atoms with van der Waals surface area (Å²) in [6, 6.07) is 4.33. The molecule has 1 unspecified atom stereocenters. The third-order valence-corrected chi connectivity index (χ3v) is 2.64. The summed E-state index contributed by atoms with van der Waals surface area (Å²) in [6.07, 6.45) is 0.758. The van der Waals surface area contributed by atoms with Crippen molar-refractivity contribution >= 4 is 17.5 Å². The van der Waals surface area contributed by atoms with E-state index < -0.39 is 0 Å². The van der Waals surface area contributed by atoms with Gasteiger partial charge in [-0.3, -0.25) is 4.79 Å². The number of carbonyl (C=O) groups excluding carboxylic acids is 1. The molecule has 0 aliphatic heterocycles. The van der Waals surface area contributed by atoms with Crippen molar-refractivity contribution in [1.82, 2.24) is 5.32 Å². The largest absolute Gasteiger partial charge is 0.507 e. The Morgan fingerprint density at radius 1 is 1.59 bits per heavy atom. The first-order valence-electron chi connectivity index (χ1n) is 5.36. The molecule has 0 aliphatic carbocycles. The number of hydrogen-bond acceptors (Lipinski definition) is 3. The first-order chi connectivity index (χ1) is 8.08. The SMILES string of the molecule is CCC(COC)NC(=O)c1ccc(Cl)cc1O. The van der Waals surface area contributed by atoms with Crippen molar-refractivity contribution in [2.45, 2.75) is 19.4 Å². The number of hydrogen-bond donors (Lipinski definition) is 2. The molecule has 0 bridgehead atoms. The minimum atomic E-state index is -0.330. The number of amides is 1. The van der Waals surface area contributed by atoms with Gasteiger partial charge in [-0.1, -0.05) is 18.5 Å². The second kappa shape index (κ2) is 6.47. The molecule has 17 heavy (non-hydrogen) atoms. The van der Waals surface area contributed by atoms with Gasteiger partial charge in [-0.25, -0.2) is 0 Å². The second-order valence-electron chi connectivity index (χ2n) is 3.70. The Kier molecular flexibility index (Phi) is 5.25. The van der Waals surface area contributed by atoms with E-state index in [0.717, 1.165) is 6.42 Å². The van der Waals surface area contributed by atoms with E-state index in [4.69, 9.17) is 16.3 Å². The van der Waals surface area contributed by atoms with Gasteiger partial charge in [0.1, 0.15) is 5.75 Å². The Balaban J connectivity index is 2.75. The molecule has 0 fully saturated rings. The fourth-order valence-electron chi connectivity index (χ4n) is 1.42. The zero-order valence-electron chi connectivity index (χ0n) is 9.87. The predicted octanol–water partition coefficient (Wildman–Crippen LogP) is 2.20. The molecule has 2 N–H and O–H groups in total. The van der Waals surface area contributed by atoms with E-state index in [9.17, 15) is 9.90 Å². The molecule has 1 aromatic carbocycles. The molecule has 0 saturated carbocycles. The van der Waals surface area contributed by atoms with Gasteiger partial charge >= 0.3 is 0 Å². The van der Waals surface area contributed by atoms with E-state index in [1.54, 1.807) is 13.2 Å². The van der Waals surface area contributed by atoms with Crippen LogP contribution in [0.5, 0.6) is 5.75 Å². The molecular formula is C12H16ClNO3. The van der Waals surface area contributed by atoms with Crippen molar-refractivity contribution < 1.29 is 14.6 Å². The summed E-state index contributed by atoms with van der Waals surface area (Å²) in [6.45, 7) is 2.39. The van der Waals surface area contributed by atoms with Crippen LogP contribution in [0.15, 0.2) is 18.2 Å². The maximum atomic E-state index is 11.9. The van der Waals surface area contributed by atoms with E-state index >= 15 is 0 Å². The standard InChI is InChI=1S/C12H16ClNO3/c1-3-9(7-17-2)14-12(16)10-5-4-8(13)6-11(10)15/h4-6,9,15H,3,7H2,1-2H3,(H,14,16). The van der Waals surface area contributed by atoms with Gasteiger partial charge in [0.15, 0.2) is 0 Å². The molecule has 0 radical (unpaired) electrons. The van der Waals surface area contributed by atoms with Gasteiger partial charge in [0.2, 0.25) is 0 Å². The number of rotatable bonds is 5. The maximum Gasteiger partial charge on any atom is 0.255 e. The van der Waals surface area contributed by atoms with E-state index in [0.29, 0.717) is 11.6 Å². The number of benzene rings is 1.